The third-order valence-corrected chi connectivity index (χ3v) is 5.52. The minimum atomic E-state index is 0.370. The zero-order valence-electron chi connectivity index (χ0n) is 13.9. The van der Waals surface area contributed by atoms with Gasteiger partial charge in [0.05, 0.1) is 11.0 Å². The summed E-state index contributed by atoms with van der Waals surface area (Å²) in [6.07, 6.45) is 3.49. The first-order valence-electron chi connectivity index (χ1n) is 8.20. The van der Waals surface area contributed by atoms with Crippen LogP contribution in [0.4, 0.5) is 5.13 Å². The number of benzene rings is 1. The summed E-state index contributed by atoms with van der Waals surface area (Å²) in [5.41, 5.74) is 3.21. The van der Waals surface area contributed by atoms with Crippen LogP contribution >= 0.6 is 11.3 Å². The number of aromatic nitrogens is 4. The van der Waals surface area contributed by atoms with E-state index in [0.29, 0.717) is 6.04 Å². The Kier molecular flexibility index (Phi) is 4.12. The molecule has 0 aliphatic carbocycles. The van der Waals surface area contributed by atoms with Crippen molar-refractivity contribution in [2.45, 2.75) is 19.9 Å². The number of anilines is 1. The van der Waals surface area contributed by atoms with Crippen LogP contribution in [0.2, 0.25) is 0 Å². The van der Waals surface area contributed by atoms with Gasteiger partial charge >= 0.3 is 0 Å². The van der Waals surface area contributed by atoms with Crippen molar-refractivity contribution in [3.05, 3.63) is 41.2 Å². The molecule has 0 N–H and O–H groups in total. The summed E-state index contributed by atoms with van der Waals surface area (Å²) in [5.74, 6) is 0. The van der Waals surface area contributed by atoms with Crippen molar-refractivity contribution < 1.29 is 0 Å². The van der Waals surface area contributed by atoms with Crippen LogP contribution in [0.5, 0.6) is 0 Å². The van der Waals surface area contributed by atoms with Crippen LogP contribution in [0, 0.1) is 6.92 Å². The van der Waals surface area contributed by atoms with Crippen LogP contribution in [-0.4, -0.2) is 51.2 Å². The molecule has 2 aromatic heterocycles. The zero-order chi connectivity index (χ0) is 16.5. The fraction of sp³-hybridized carbons (Fsp3) is 0.412. The van der Waals surface area contributed by atoms with Gasteiger partial charge in [-0.15, -0.1) is 10.2 Å². The number of aryl methyl sites for hydroxylation is 1. The fourth-order valence-corrected chi connectivity index (χ4v) is 3.90. The molecule has 3 aromatic rings. The maximum Gasteiger partial charge on any atom is 0.208 e. The summed E-state index contributed by atoms with van der Waals surface area (Å²) in [4.78, 5) is 13.6. The Labute approximate surface area is 145 Å². The quantitative estimate of drug-likeness (QED) is 0.731. The normalized spacial score (nSPS) is 17.3. The van der Waals surface area contributed by atoms with Gasteiger partial charge in [0.15, 0.2) is 0 Å². The summed E-state index contributed by atoms with van der Waals surface area (Å²) >= 11 is 1.67. The molecule has 0 radical (unpaired) electrons. The molecule has 1 aliphatic heterocycles. The van der Waals surface area contributed by atoms with E-state index < -0.39 is 0 Å². The molecule has 0 amide bonds. The highest BCUT2D eigenvalue weighted by Crippen LogP contribution is 2.26. The lowest BCUT2D eigenvalue weighted by molar-refractivity contribution is 0.198. The van der Waals surface area contributed by atoms with E-state index in [2.05, 4.69) is 55.1 Å². The molecule has 124 valence electrons. The van der Waals surface area contributed by atoms with E-state index in [1.54, 1.807) is 23.7 Å². The van der Waals surface area contributed by atoms with Crippen LogP contribution in [0.3, 0.4) is 0 Å². The van der Waals surface area contributed by atoms with Crippen molar-refractivity contribution >= 4 is 27.5 Å². The molecule has 1 unspecified atom stereocenters. The molecule has 1 saturated heterocycles. The van der Waals surface area contributed by atoms with Crippen molar-refractivity contribution in [1.29, 1.82) is 0 Å². The van der Waals surface area contributed by atoms with Crippen molar-refractivity contribution in [2.24, 2.45) is 0 Å². The Hall–Kier alpha value is -2.12. The standard InChI is InChI=1S/C17H20N6S/c1-12(14-3-4-15-16(11-14)19-6-5-18-15)22-7-9-23(10-8-22)17-21-20-13(2)24-17/h3-6,11-12H,7-10H2,1-2H3. The first kappa shape index (κ1) is 15.4. The smallest absolute Gasteiger partial charge is 0.208 e. The highest BCUT2D eigenvalue weighted by molar-refractivity contribution is 7.15. The third kappa shape index (κ3) is 2.97. The Morgan fingerprint density at radius 2 is 1.75 bits per heavy atom. The minimum absolute atomic E-state index is 0.370. The van der Waals surface area contributed by atoms with E-state index in [9.17, 15) is 0 Å². The van der Waals surface area contributed by atoms with E-state index in [1.807, 2.05) is 6.92 Å². The summed E-state index contributed by atoms with van der Waals surface area (Å²) in [6, 6.07) is 6.76. The van der Waals surface area contributed by atoms with Gasteiger partial charge in [-0.2, -0.15) is 0 Å². The Morgan fingerprint density at radius 1 is 1.00 bits per heavy atom. The van der Waals surface area contributed by atoms with E-state index in [4.69, 9.17) is 0 Å². The molecule has 1 aromatic carbocycles. The van der Waals surface area contributed by atoms with Crippen LogP contribution in [-0.2, 0) is 0 Å². The van der Waals surface area contributed by atoms with Gasteiger partial charge in [-0.3, -0.25) is 14.9 Å². The average Bonchev–Trinajstić information content (AvgIpc) is 3.07. The Morgan fingerprint density at radius 3 is 2.46 bits per heavy atom. The summed E-state index contributed by atoms with van der Waals surface area (Å²) in [5, 5.41) is 10.5. The molecule has 0 saturated carbocycles. The van der Waals surface area contributed by atoms with Gasteiger partial charge in [-0.05, 0) is 31.5 Å². The van der Waals surface area contributed by atoms with Crippen LogP contribution < -0.4 is 4.90 Å². The van der Waals surface area contributed by atoms with Gasteiger partial charge < -0.3 is 4.90 Å². The highest BCUT2D eigenvalue weighted by Gasteiger charge is 2.24. The van der Waals surface area contributed by atoms with E-state index in [1.165, 1.54) is 5.56 Å². The molecule has 24 heavy (non-hydrogen) atoms. The van der Waals surface area contributed by atoms with E-state index in [-0.39, 0.29) is 0 Å². The number of nitrogens with zero attached hydrogens (tertiary/aromatic N) is 6. The minimum Gasteiger partial charge on any atom is -0.344 e. The summed E-state index contributed by atoms with van der Waals surface area (Å²) in [7, 11) is 0. The lowest BCUT2D eigenvalue weighted by Gasteiger charge is -2.38. The largest absolute Gasteiger partial charge is 0.344 e. The number of piperazine rings is 1. The second-order valence-electron chi connectivity index (χ2n) is 6.11. The molecule has 4 rings (SSSR count). The maximum absolute atomic E-state index is 4.42. The van der Waals surface area contributed by atoms with Crippen LogP contribution in [0.1, 0.15) is 23.5 Å². The molecule has 1 aliphatic rings. The predicted octanol–water partition coefficient (Wildman–Crippen LogP) is 2.67. The van der Waals surface area contributed by atoms with Gasteiger partial charge in [0, 0.05) is 44.6 Å². The van der Waals surface area contributed by atoms with Crippen LogP contribution in [0.15, 0.2) is 30.6 Å². The average molecular weight is 340 g/mol. The molecule has 3 heterocycles. The number of hydrogen-bond acceptors (Lipinski definition) is 7. The zero-order valence-corrected chi connectivity index (χ0v) is 14.7. The fourth-order valence-electron chi connectivity index (χ4n) is 3.17. The van der Waals surface area contributed by atoms with Crippen molar-refractivity contribution in [1.82, 2.24) is 25.1 Å². The van der Waals surface area contributed by atoms with Crippen molar-refractivity contribution in [3.63, 3.8) is 0 Å². The molecule has 0 bridgehead atoms. The second kappa shape index (κ2) is 6.41. The van der Waals surface area contributed by atoms with Gasteiger partial charge in [0.25, 0.3) is 0 Å². The second-order valence-corrected chi connectivity index (χ2v) is 7.27. The van der Waals surface area contributed by atoms with Gasteiger partial charge in [0.2, 0.25) is 5.13 Å². The molecule has 6 nitrogen and oxygen atoms in total. The van der Waals surface area contributed by atoms with Crippen LogP contribution in [0.25, 0.3) is 11.0 Å². The molecular formula is C17H20N6S. The predicted molar refractivity (Wildman–Crippen MR) is 96.4 cm³/mol. The number of fused-ring (bicyclic) bond motifs is 1. The lowest BCUT2D eigenvalue weighted by atomic mass is 10.1. The Bertz CT molecular complexity index is 840. The van der Waals surface area contributed by atoms with Gasteiger partial charge in [0.1, 0.15) is 5.01 Å². The summed E-state index contributed by atoms with van der Waals surface area (Å²) < 4.78 is 0. The van der Waals surface area contributed by atoms with Crippen molar-refractivity contribution in [2.75, 3.05) is 31.1 Å². The number of hydrogen-bond donors (Lipinski definition) is 0. The Balaban J connectivity index is 1.46. The molecule has 0 spiro atoms. The monoisotopic (exact) mass is 340 g/mol. The highest BCUT2D eigenvalue weighted by atomic mass is 32.1. The lowest BCUT2D eigenvalue weighted by Crippen LogP contribution is -2.47. The summed E-state index contributed by atoms with van der Waals surface area (Å²) in [6.45, 7) is 8.31. The molecule has 1 fully saturated rings. The van der Waals surface area contributed by atoms with Gasteiger partial charge in [-0.25, -0.2) is 0 Å². The van der Waals surface area contributed by atoms with Crippen molar-refractivity contribution in [3.8, 4) is 0 Å². The van der Waals surface area contributed by atoms with Gasteiger partial charge in [-0.1, -0.05) is 17.4 Å². The molecular weight excluding hydrogens is 320 g/mol. The maximum atomic E-state index is 4.42. The molecule has 1 atom stereocenters. The van der Waals surface area contributed by atoms with E-state index >= 15 is 0 Å². The van der Waals surface area contributed by atoms with E-state index in [0.717, 1.165) is 47.4 Å². The third-order valence-electron chi connectivity index (χ3n) is 4.62. The SMILES string of the molecule is Cc1nnc(N2CCN(C(C)c3ccc4nccnc4c3)CC2)s1. The first-order chi connectivity index (χ1) is 11.7. The number of rotatable bonds is 3. The molecule has 7 heteroatoms. The first-order valence-corrected chi connectivity index (χ1v) is 9.02. The topological polar surface area (TPSA) is 58.0 Å².